The van der Waals surface area contributed by atoms with E-state index in [1.807, 2.05) is 0 Å². The van der Waals surface area contributed by atoms with Gasteiger partial charge in [0, 0.05) is 42.8 Å². The van der Waals surface area contributed by atoms with Crippen LogP contribution in [0.2, 0.25) is 0 Å². The van der Waals surface area contributed by atoms with E-state index in [4.69, 9.17) is 9.47 Å². The molecule has 1 aliphatic heterocycles. The van der Waals surface area contributed by atoms with Gasteiger partial charge in [-0.05, 0) is 12.5 Å². The Morgan fingerprint density at radius 2 is 1.95 bits per heavy atom. The van der Waals surface area contributed by atoms with E-state index in [-0.39, 0.29) is 0 Å². The summed E-state index contributed by atoms with van der Waals surface area (Å²) < 4.78 is 11.7. The van der Waals surface area contributed by atoms with Gasteiger partial charge in [-0.1, -0.05) is 15.9 Å². The monoisotopic (exact) mass is 356 g/mol. The molecule has 2 rings (SSSR count). The number of rotatable bonds is 6. The van der Waals surface area contributed by atoms with E-state index < -0.39 is 0 Å². The second kappa shape index (κ2) is 7.77. The predicted molar refractivity (Wildman–Crippen MR) is 85.6 cm³/mol. The number of nitrogens with one attached hydrogen (secondary N) is 1. The molecular weight excluding hydrogens is 336 g/mol. The maximum atomic E-state index is 11.2. The number of piperazine rings is 1. The van der Waals surface area contributed by atoms with Gasteiger partial charge in [0.2, 0.25) is 0 Å². The van der Waals surface area contributed by atoms with Crippen molar-refractivity contribution in [3.8, 4) is 11.5 Å². The Labute approximate surface area is 133 Å². The number of hydrogen-bond donors (Lipinski definition) is 1. The molecule has 0 bridgehead atoms. The van der Waals surface area contributed by atoms with E-state index in [1.165, 1.54) is 0 Å². The van der Waals surface area contributed by atoms with Crippen LogP contribution in [-0.2, 0) is 6.42 Å². The van der Waals surface area contributed by atoms with Crippen molar-refractivity contribution in [3.63, 3.8) is 0 Å². The molecule has 116 valence electrons. The quantitative estimate of drug-likeness (QED) is 0.786. The van der Waals surface area contributed by atoms with Crippen LogP contribution in [0, 0.1) is 0 Å². The van der Waals surface area contributed by atoms with Crippen LogP contribution in [0.15, 0.2) is 10.5 Å². The second-order valence-electron chi connectivity index (χ2n) is 4.95. The third-order valence-electron chi connectivity index (χ3n) is 3.74. The van der Waals surface area contributed by atoms with E-state index in [9.17, 15) is 4.79 Å². The lowest BCUT2D eigenvalue weighted by Gasteiger charge is -2.27. The summed E-state index contributed by atoms with van der Waals surface area (Å²) in [6.07, 6.45) is 1.63. The lowest BCUT2D eigenvalue weighted by atomic mass is 10.1. The highest BCUT2D eigenvalue weighted by Crippen LogP contribution is 2.39. The lowest BCUT2D eigenvalue weighted by molar-refractivity contribution is 0.112. The molecule has 1 N–H and O–H groups in total. The first-order chi connectivity index (χ1) is 10.2. The summed E-state index contributed by atoms with van der Waals surface area (Å²) in [5.74, 6) is 1.15. The fourth-order valence-corrected chi connectivity index (χ4v) is 3.24. The van der Waals surface area contributed by atoms with Gasteiger partial charge >= 0.3 is 0 Å². The van der Waals surface area contributed by atoms with Crippen molar-refractivity contribution >= 4 is 22.2 Å². The number of benzene rings is 1. The summed E-state index contributed by atoms with van der Waals surface area (Å²) in [6.45, 7) is 5.14. The van der Waals surface area contributed by atoms with Gasteiger partial charge in [0.25, 0.3) is 0 Å². The largest absolute Gasteiger partial charge is 0.493 e. The molecule has 6 heteroatoms. The molecule has 0 amide bonds. The van der Waals surface area contributed by atoms with Crippen LogP contribution < -0.4 is 14.8 Å². The molecule has 1 fully saturated rings. The highest BCUT2D eigenvalue weighted by molar-refractivity contribution is 9.10. The summed E-state index contributed by atoms with van der Waals surface area (Å²) in [5.41, 5.74) is 1.53. The molecule has 0 aliphatic carbocycles. The summed E-state index contributed by atoms with van der Waals surface area (Å²) in [5, 5.41) is 3.35. The number of carbonyl (C=O) groups excluding carboxylic acids is 1. The molecule has 1 aromatic rings. The standard InChI is InChI=1S/C15H21BrN2O3/c1-20-14-11(10-19)9-13(16)12(15(14)21-2)3-6-18-7-4-17-5-8-18/h9-10,17H,3-8H2,1-2H3. The van der Waals surface area contributed by atoms with Crippen molar-refractivity contribution in [1.29, 1.82) is 0 Å². The van der Waals surface area contributed by atoms with Gasteiger partial charge in [0.15, 0.2) is 17.8 Å². The fraction of sp³-hybridized carbons (Fsp3) is 0.533. The SMILES string of the molecule is COc1c(C=O)cc(Br)c(CCN2CCNCC2)c1OC. The number of carbonyl (C=O) groups is 1. The maximum absolute atomic E-state index is 11.2. The van der Waals surface area contributed by atoms with Crippen LogP contribution in [0.3, 0.4) is 0 Å². The number of halogens is 1. The number of hydrogen-bond acceptors (Lipinski definition) is 5. The Balaban J connectivity index is 2.22. The first-order valence-corrected chi connectivity index (χ1v) is 7.82. The Hall–Kier alpha value is -1.11. The predicted octanol–water partition coefficient (Wildman–Crippen LogP) is 1.73. The molecule has 0 unspecified atom stereocenters. The molecule has 0 saturated carbocycles. The maximum Gasteiger partial charge on any atom is 0.171 e. The highest BCUT2D eigenvalue weighted by atomic mass is 79.9. The first-order valence-electron chi connectivity index (χ1n) is 7.02. The minimum absolute atomic E-state index is 0.493. The number of aldehydes is 1. The Morgan fingerprint density at radius 1 is 1.29 bits per heavy atom. The Kier molecular flexibility index (Phi) is 6.02. The molecule has 0 atom stereocenters. The zero-order valence-electron chi connectivity index (χ0n) is 12.4. The molecule has 1 heterocycles. The summed E-state index contributed by atoms with van der Waals surface area (Å²) in [4.78, 5) is 13.6. The fourth-order valence-electron chi connectivity index (χ4n) is 2.62. The number of nitrogens with zero attached hydrogens (tertiary/aromatic N) is 1. The normalized spacial score (nSPS) is 15.8. The molecule has 0 radical (unpaired) electrons. The minimum atomic E-state index is 0.493. The molecule has 21 heavy (non-hydrogen) atoms. The van der Waals surface area contributed by atoms with Crippen molar-refractivity contribution < 1.29 is 14.3 Å². The van der Waals surface area contributed by atoms with Crippen LogP contribution >= 0.6 is 15.9 Å². The van der Waals surface area contributed by atoms with Crippen molar-refractivity contribution in [1.82, 2.24) is 10.2 Å². The van der Waals surface area contributed by atoms with Crippen LogP contribution in [0.1, 0.15) is 15.9 Å². The molecule has 0 aromatic heterocycles. The average Bonchev–Trinajstić information content (AvgIpc) is 2.53. The van der Waals surface area contributed by atoms with Crippen molar-refractivity contribution in [2.45, 2.75) is 6.42 Å². The summed E-state index contributed by atoms with van der Waals surface area (Å²) in [6, 6.07) is 1.79. The number of methoxy groups -OCH3 is 2. The third-order valence-corrected chi connectivity index (χ3v) is 4.44. The van der Waals surface area contributed by atoms with Gasteiger partial charge in [-0.2, -0.15) is 0 Å². The second-order valence-corrected chi connectivity index (χ2v) is 5.81. The van der Waals surface area contributed by atoms with Gasteiger partial charge in [-0.15, -0.1) is 0 Å². The number of ether oxygens (including phenoxy) is 2. The molecule has 5 nitrogen and oxygen atoms in total. The van der Waals surface area contributed by atoms with Gasteiger partial charge < -0.3 is 19.7 Å². The first kappa shape index (κ1) is 16.3. The Morgan fingerprint density at radius 3 is 2.52 bits per heavy atom. The molecule has 1 aliphatic rings. The van der Waals surface area contributed by atoms with Gasteiger partial charge in [0.1, 0.15) is 0 Å². The van der Waals surface area contributed by atoms with Crippen molar-refractivity contribution in [2.24, 2.45) is 0 Å². The molecule has 1 saturated heterocycles. The Bertz CT molecular complexity index is 502. The van der Waals surface area contributed by atoms with Crippen molar-refractivity contribution in [2.75, 3.05) is 46.9 Å². The molecular formula is C15H21BrN2O3. The molecule has 1 aromatic carbocycles. The summed E-state index contributed by atoms with van der Waals surface area (Å²) >= 11 is 3.54. The minimum Gasteiger partial charge on any atom is -0.493 e. The smallest absolute Gasteiger partial charge is 0.171 e. The zero-order chi connectivity index (χ0) is 15.2. The topological polar surface area (TPSA) is 50.8 Å². The van der Waals surface area contributed by atoms with Crippen molar-refractivity contribution in [3.05, 3.63) is 21.7 Å². The average molecular weight is 357 g/mol. The van der Waals surface area contributed by atoms with Gasteiger partial charge in [0.05, 0.1) is 19.8 Å². The highest BCUT2D eigenvalue weighted by Gasteiger charge is 2.19. The van der Waals surface area contributed by atoms with Crippen LogP contribution in [0.25, 0.3) is 0 Å². The zero-order valence-corrected chi connectivity index (χ0v) is 14.0. The van der Waals surface area contributed by atoms with Crippen LogP contribution in [0.5, 0.6) is 11.5 Å². The van der Waals surface area contributed by atoms with E-state index in [2.05, 4.69) is 26.1 Å². The third kappa shape index (κ3) is 3.75. The van der Waals surface area contributed by atoms with Crippen LogP contribution in [-0.4, -0.2) is 58.1 Å². The van der Waals surface area contributed by atoms with E-state index in [0.717, 1.165) is 55.5 Å². The lowest BCUT2D eigenvalue weighted by Crippen LogP contribution is -2.44. The van der Waals surface area contributed by atoms with Gasteiger partial charge in [-0.3, -0.25) is 4.79 Å². The van der Waals surface area contributed by atoms with Gasteiger partial charge in [-0.25, -0.2) is 0 Å². The summed E-state index contributed by atoms with van der Waals surface area (Å²) in [7, 11) is 3.16. The van der Waals surface area contributed by atoms with Crippen LogP contribution in [0.4, 0.5) is 0 Å². The van der Waals surface area contributed by atoms with E-state index in [1.54, 1.807) is 20.3 Å². The molecule has 0 spiro atoms. The van der Waals surface area contributed by atoms with E-state index >= 15 is 0 Å². The van der Waals surface area contributed by atoms with E-state index in [0.29, 0.717) is 17.1 Å².